The molecule has 1 atom stereocenters. The Labute approximate surface area is 106 Å². The fourth-order valence-corrected chi connectivity index (χ4v) is 2.50. The molecule has 0 saturated carbocycles. The number of aryl methyl sites for hydroxylation is 1. The largest absolute Gasteiger partial charge is 0.469 e. The standard InChI is InChI=1S/C14H17N3O/c1-10(8-11-4-3-7-18-11)17-14-12-5-2-6-13(12)15-9-16-14/h3-4,7,9-10H,2,5-6,8H2,1H3,(H,15,16,17). The van der Waals surface area contributed by atoms with Crippen molar-refractivity contribution in [3.63, 3.8) is 0 Å². The number of hydrogen-bond donors (Lipinski definition) is 1. The Hall–Kier alpha value is -1.84. The number of fused-ring (bicyclic) bond motifs is 1. The lowest BCUT2D eigenvalue weighted by Gasteiger charge is -2.15. The first-order valence-electron chi connectivity index (χ1n) is 6.44. The van der Waals surface area contributed by atoms with E-state index in [0.29, 0.717) is 6.04 Å². The first-order chi connectivity index (χ1) is 8.83. The lowest BCUT2D eigenvalue weighted by molar-refractivity contribution is 0.497. The Bertz CT molecular complexity index is 522. The fraction of sp³-hybridized carbons (Fsp3) is 0.429. The van der Waals surface area contributed by atoms with E-state index in [9.17, 15) is 0 Å². The van der Waals surface area contributed by atoms with Crippen molar-refractivity contribution in [1.29, 1.82) is 0 Å². The van der Waals surface area contributed by atoms with Gasteiger partial charge >= 0.3 is 0 Å². The summed E-state index contributed by atoms with van der Waals surface area (Å²) >= 11 is 0. The normalized spacial score (nSPS) is 15.4. The van der Waals surface area contributed by atoms with Gasteiger partial charge in [0, 0.05) is 23.7 Å². The number of rotatable bonds is 4. The highest BCUT2D eigenvalue weighted by molar-refractivity contribution is 5.48. The summed E-state index contributed by atoms with van der Waals surface area (Å²) in [5.74, 6) is 2.00. The number of nitrogens with zero attached hydrogens (tertiary/aromatic N) is 2. The first-order valence-corrected chi connectivity index (χ1v) is 6.44. The average Bonchev–Trinajstić information content (AvgIpc) is 2.99. The topological polar surface area (TPSA) is 51.0 Å². The summed E-state index contributed by atoms with van der Waals surface area (Å²) in [4.78, 5) is 8.70. The molecule has 3 rings (SSSR count). The molecular formula is C14H17N3O. The molecule has 2 aromatic heterocycles. The van der Waals surface area contributed by atoms with Crippen LogP contribution in [0.15, 0.2) is 29.1 Å². The molecule has 94 valence electrons. The van der Waals surface area contributed by atoms with E-state index >= 15 is 0 Å². The minimum atomic E-state index is 0.302. The summed E-state index contributed by atoms with van der Waals surface area (Å²) < 4.78 is 5.36. The van der Waals surface area contributed by atoms with Crippen molar-refractivity contribution >= 4 is 5.82 Å². The van der Waals surface area contributed by atoms with Crippen LogP contribution in [0.4, 0.5) is 5.82 Å². The first kappa shape index (κ1) is 11.3. The Morgan fingerprint density at radius 3 is 3.17 bits per heavy atom. The van der Waals surface area contributed by atoms with Gasteiger partial charge in [0.05, 0.1) is 6.26 Å². The van der Waals surface area contributed by atoms with Gasteiger partial charge in [0.1, 0.15) is 17.9 Å². The van der Waals surface area contributed by atoms with E-state index in [1.165, 1.54) is 17.7 Å². The van der Waals surface area contributed by atoms with Crippen LogP contribution in [0.5, 0.6) is 0 Å². The second-order valence-electron chi connectivity index (χ2n) is 4.83. The third-order valence-electron chi connectivity index (χ3n) is 3.35. The van der Waals surface area contributed by atoms with Crippen LogP contribution >= 0.6 is 0 Å². The summed E-state index contributed by atoms with van der Waals surface area (Å²) in [5.41, 5.74) is 2.50. The second-order valence-corrected chi connectivity index (χ2v) is 4.83. The third-order valence-corrected chi connectivity index (χ3v) is 3.35. The molecule has 1 unspecified atom stereocenters. The Balaban J connectivity index is 1.71. The SMILES string of the molecule is CC(Cc1ccco1)Nc1ncnc2c1CCC2. The zero-order chi connectivity index (χ0) is 12.4. The molecule has 4 nitrogen and oxygen atoms in total. The molecule has 0 saturated heterocycles. The highest BCUT2D eigenvalue weighted by atomic mass is 16.3. The number of aromatic nitrogens is 2. The van der Waals surface area contributed by atoms with Crippen molar-refractivity contribution in [3.8, 4) is 0 Å². The number of furan rings is 1. The van der Waals surface area contributed by atoms with Gasteiger partial charge in [-0.3, -0.25) is 0 Å². The van der Waals surface area contributed by atoms with Gasteiger partial charge in [-0.05, 0) is 38.3 Å². The molecule has 2 heterocycles. The zero-order valence-corrected chi connectivity index (χ0v) is 10.5. The van der Waals surface area contributed by atoms with E-state index in [-0.39, 0.29) is 0 Å². The molecular weight excluding hydrogens is 226 g/mol. The Morgan fingerprint density at radius 1 is 1.39 bits per heavy atom. The predicted octanol–water partition coefficient (Wildman–Crippen LogP) is 2.60. The molecule has 0 bridgehead atoms. The smallest absolute Gasteiger partial charge is 0.133 e. The number of hydrogen-bond acceptors (Lipinski definition) is 4. The van der Waals surface area contributed by atoms with Gasteiger partial charge < -0.3 is 9.73 Å². The van der Waals surface area contributed by atoms with Gasteiger partial charge in [0.15, 0.2) is 0 Å². The Kier molecular flexibility index (Phi) is 3.00. The maximum Gasteiger partial charge on any atom is 0.133 e. The predicted molar refractivity (Wildman–Crippen MR) is 69.6 cm³/mol. The third kappa shape index (κ3) is 2.23. The van der Waals surface area contributed by atoms with Crippen LogP contribution in [0.3, 0.4) is 0 Å². The van der Waals surface area contributed by atoms with Gasteiger partial charge in [-0.25, -0.2) is 9.97 Å². The fourth-order valence-electron chi connectivity index (χ4n) is 2.50. The molecule has 0 aliphatic heterocycles. The van der Waals surface area contributed by atoms with E-state index in [1.54, 1.807) is 12.6 Å². The molecule has 4 heteroatoms. The van der Waals surface area contributed by atoms with E-state index in [0.717, 1.165) is 30.8 Å². The van der Waals surface area contributed by atoms with E-state index in [2.05, 4.69) is 22.2 Å². The number of nitrogens with one attached hydrogen (secondary N) is 1. The van der Waals surface area contributed by atoms with Crippen LogP contribution in [0.2, 0.25) is 0 Å². The summed E-state index contributed by atoms with van der Waals surface area (Å²) in [5, 5.41) is 3.47. The van der Waals surface area contributed by atoms with Crippen molar-refractivity contribution in [2.75, 3.05) is 5.32 Å². The van der Waals surface area contributed by atoms with Crippen LogP contribution in [-0.4, -0.2) is 16.0 Å². The molecule has 1 aliphatic rings. The molecule has 0 aromatic carbocycles. The lowest BCUT2D eigenvalue weighted by Crippen LogP contribution is -2.19. The van der Waals surface area contributed by atoms with Gasteiger partial charge in [0.25, 0.3) is 0 Å². The van der Waals surface area contributed by atoms with Crippen LogP contribution in [0, 0.1) is 0 Å². The highest BCUT2D eigenvalue weighted by Gasteiger charge is 2.18. The molecule has 0 radical (unpaired) electrons. The van der Waals surface area contributed by atoms with E-state index < -0.39 is 0 Å². The minimum absolute atomic E-state index is 0.302. The maximum absolute atomic E-state index is 5.36. The van der Waals surface area contributed by atoms with Crippen molar-refractivity contribution in [1.82, 2.24) is 9.97 Å². The molecule has 18 heavy (non-hydrogen) atoms. The van der Waals surface area contributed by atoms with Gasteiger partial charge in [0.2, 0.25) is 0 Å². The van der Waals surface area contributed by atoms with Crippen LogP contribution in [0.25, 0.3) is 0 Å². The monoisotopic (exact) mass is 243 g/mol. The average molecular weight is 243 g/mol. The van der Waals surface area contributed by atoms with Crippen molar-refractivity contribution < 1.29 is 4.42 Å². The zero-order valence-electron chi connectivity index (χ0n) is 10.5. The van der Waals surface area contributed by atoms with Gasteiger partial charge in [-0.15, -0.1) is 0 Å². The van der Waals surface area contributed by atoms with Gasteiger partial charge in [-0.1, -0.05) is 0 Å². The lowest BCUT2D eigenvalue weighted by atomic mass is 10.1. The molecule has 0 amide bonds. The summed E-state index contributed by atoms with van der Waals surface area (Å²) in [6.45, 7) is 2.14. The van der Waals surface area contributed by atoms with Crippen molar-refractivity contribution in [3.05, 3.63) is 41.7 Å². The quantitative estimate of drug-likeness (QED) is 0.896. The summed E-state index contributed by atoms with van der Waals surface area (Å²) in [6, 6.07) is 4.23. The highest BCUT2D eigenvalue weighted by Crippen LogP contribution is 2.25. The van der Waals surface area contributed by atoms with E-state index in [4.69, 9.17) is 4.42 Å². The maximum atomic E-state index is 5.36. The summed E-state index contributed by atoms with van der Waals surface area (Å²) in [7, 11) is 0. The Morgan fingerprint density at radius 2 is 2.33 bits per heavy atom. The molecule has 2 aromatic rings. The molecule has 0 spiro atoms. The molecule has 1 N–H and O–H groups in total. The van der Waals surface area contributed by atoms with Gasteiger partial charge in [-0.2, -0.15) is 0 Å². The van der Waals surface area contributed by atoms with Crippen LogP contribution in [-0.2, 0) is 19.3 Å². The van der Waals surface area contributed by atoms with Crippen molar-refractivity contribution in [2.45, 2.75) is 38.6 Å². The van der Waals surface area contributed by atoms with E-state index in [1.807, 2.05) is 12.1 Å². The minimum Gasteiger partial charge on any atom is -0.469 e. The molecule has 0 fully saturated rings. The van der Waals surface area contributed by atoms with Crippen LogP contribution < -0.4 is 5.32 Å². The van der Waals surface area contributed by atoms with Crippen LogP contribution in [0.1, 0.15) is 30.4 Å². The van der Waals surface area contributed by atoms with Crippen molar-refractivity contribution in [2.24, 2.45) is 0 Å². The number of anilines is 1. The molecule has 1 aliphatic carbocycles. The second kappa shape index (κ2) is 4.80. The summed E-state index contributed by atoms with van der Waals surface area (Å²) in [6.07, 6.45) is 7.60.